The van der Waals surface area contributed by atoms with Gasteiger partial charge in [-0.3, -0.25) is 9.11 Å². The summed E-state index contributed by atoms with van der Waals surface area (Å²) in [7, 11) is -0.879. The van der Waals surface area contributed by atoms with E-state index in [0.29, 0.717) is 43.4 Å². The molecule has 158 valence electrons. The van der Waals surface area contributed by atoms with Crippen molar-refractivity contribution < 1.29 is 18.6 Å². The van der Waals surface area contributed by atoms with Crippen molar-refractivity contribution in [3.63, 3.8) is 0 Å². The first-order valence-electron chi connectivity index (χ1n) is 9.58. The fourth-order valence-corrected chi connectivity index (χ4v) is 5.13. The fraction of sp³-hybridized carbons (Fsp3) is 0.667. The van der Waals surface area contributed by atoms with Gasteiger partial charge in [-0.2, -0.15) is 0 Å². The van der Waals surface area contributed by atoms with Gasteiger partial charge in [0.05, 0.1) is 17.9 Å². The highest BCUT2D eigenvalue weighted by molar-refractivity contribution is 8.22. The molecule has 0 aliphatic carbocycles. The van der Waals surface area contributed by atoms with E-state index in [1.54, 1.807) is 11.4 Å². The number of hydrogen-bond acceptors (Lipinski definition) is 8. The zero-order valence-corrected chi connectivity index (χ0v) is 17.6. The van der Waals surface area contributed by atoms with E-state index in [2.05, 4.69) is 14.5 Å². The molecule has 1 fully saturated rings. The molecule has 3 rings (SSSR count). The minimum absolute atomic E-state index is 0.174. The number of nitrogen functional groups attached to an aromatic ring is 1. The number of imidazole rings is 1. The summed E-state index contributed by atoms with van der Waals surface area (Å²) in [5.74, 6) is 1.70. The Hall–Kier alpha value is -1.43. The molecule has 4 N–H and O–H groups in total. The molecular weight excluding hydrogens is 382 g/mol. The normalized spacial score (nSPS) is 19.3. The number of fused-ring (bicyclic) bond motifs is 1. The maximum absolute atomic E-state index is 9.92. The van der Waals surface area contributed by atoms with E-state index < -0.39 is 10.8 Å². The molecule has 1 atom stereocenters. The first-order valence-corrected chi connectivity index (χ1v) is 11.3. The predicted molar refractivity (Wildman–Crippen MR) is 111 cm³/mol. The van der Waals surface area contributed by atoms with Gasteiger partial charge in [0.15, 0.2) is 5.82 Å². The van der Waals surface area contributed by atoms with E-state index in [4.69, 9.17) is 15.2 Å². The summed E-state index contributed by atoms with van der Waals surface area (Å²) in [6.07, 6.45) is 1.43. The standard InChI is InChI=1S/C18H31N5O4S/c1-13-12-15-16(17(19)20-13)21-18(14(2)26-3)23(15)8-10-27-9-4-6-22-7-5-11-28(22,24)25/h12,14,24-25H,4-11H2,1-3H3,(H2,19,20). The second-order valence-electron chi connectivity index (χ2n) is 7.10. The number of anilines is 1. The Morgan fingerprint density at radius 3 is 2.75 bits per heavy atom. The van der Waals surface area contributed by atoms with Crippen molar-refractivity contribution in [2.75, 3.05) is 44.9 Å². The third-order valence-electron chi connectivity index (χ3n) is 5.03. The Morgan fingerprint density at radius 2 is 2.07 bits per heavy atom. The van der Waals surface area contributed by atoms with Crippen molar-refractivity contribution in [1.82, 2.24) is 18.8 Å². The fourth-order valence-electron chi connectivity index (χ4n) is 3.51. The number of ether oxygens (including phenoxy) is 2. The minimum atomic E-state index is -2.53. The number of rotatable bonds is 9. The van der Waals surface area contributed by atoms with Crippen molar-refractivity contribution >= 4 is 27.6 Å². The minimum Gasteiger partial charge on any atom is -0.382 e. The van der Waals surface area contributed by atoms with Crippen LogP contribution in [0.15, 0.2) is 6.07 Å². The zero-order valence-electron chi connectivity index (χ0n) is 16.8. The van der Waals surface area contributed by atoms with E-state index in [0.717, 1.165) is 36.4 Å². The zero-order chi connectivity index (χ0) is 20.3. The van der Waals surface area contributed by atoms with E-state index >= 15 is 0 Å². The van der Waals surface area contributed by atoms with Gasteiger partial charge in [0.25, 0.3) is 0 Å². The quantitative estimate of drug-likeness (QED) is 0.537. The molecule has 0 aromatic carbocycles. The van der Waals surface area contributed by atoms with Crippen LogP contribution in [-0.2, 0) is 16.0 Å². The number of nitrogens with zero attached hydrogens (tertiary/aromatic N) is 4. The summed E-state index contributed by atoms with van der Waals surface area (Å²) in [4.78, 5) is 8.94. The molecule has 1 unspecified atom stereocenters. The molecule has 0 bridgehead atoms. The topological polar surface area (TPSA) is 119 Å². The number of aryl methyl sites for hydroxylation is 1. The molecule has 0 radical (unpaired) electrons. The molecule has 28 heavy (non-hydrogen) atoms. The van der Waals surface area contributed by atoms with Gasteiger partial charge in [-0.25, -0.2) is 14.3 Å². The summed E-state index contributed by atoms with van der Waals surface area (Å²) in [6, 6.07) is 1.98. The highest BCUT2D eigenvalue weighted by atomic mass is 32.3. The smallest absolute Gasteiger partial charge is 0.151 e. The molecule has 2 aromatic rings. The van der Waals surface area contributed by atoms with Gasteiger partial charge in [-0.05, 0) is 32.8 Å². The summed E-state index contributed by atoms with van der Waals surface area (Å²) < 4.78 is 34.9. The molecule has 2 aromatic heterocycles. The molecule has 9 nitrogen and oxygen atoms in total. The van der Waals surface area contributed by atoms with Crippen LogP contribution in [0.2, 0.25) is 0 Å². The maximum Gasteiger partial charge on any atom is 0.151 e. The number of nitrogens with two attached hydrogens (primary N) is 1. The summed E-state index contributed by atoms with van der Waals surface area (Å²) >= 11 is 0. The van der Waals surface area contributed by atoms with E-state index in [9.17, 15) is 9.11 Å². The summed E-state index contributed by atoms with van der Waals surface area (Å²) in [5.41, 5.74) is 8.51. The van der Waals surface area contributed by atoms with Crippen molar-refractivity contribution in [3.8, 4) is 0 Å². The first-order chi connectivity index (χ1) is 13.3. The summed E-state index contributed by atoms with van der Waals surface area (Å²) in [6.45, 7) is 6.96. The van der Waals surface area contributed by atoms with Crippen LogP contribution < -0.4 is 5.73 Å². The van der Waals surface area contributed by atoms with Gasteiger partial charge < -0.3 is 19.8 Å². The number of hydrogen-bond donors (Lipinski definition) is 3. The number of methoxy groups -OCH3 is 1. The van der Waals surface area contributed by atoms with Crippen LogP contribution in [0.4, 0.5) is 5.82 Å². The number of aromatic nitrogens is 3. The van der Waals surface area contributed by atoms with Gasteiger partial charge in [0, 0.05) is 39.0 Å². The highest BCUT2D eigenvalue weighted by Gasteiger charge is 2.27. The van der Waals surface area contributed by atoms with Gasteiger partial charge in [-0.15, -0.1) is 10.8 Å². The Bertz CT molecular complexity index is 813. The van der Waals surface area contributed by atoms with E-state index in [-0.39, 0.29) is 6.10 Å². The average molecular weight is 414 g/mol. The average Bonchev–Trinajstić information content (AvgIpc) is 3.17. The molecule has 10 heteroatoms. The van der Waals surface area contributed by atoms with Gasteiger partial charge >= 0.3 is 0 Å². The van der Waals surface area contributed by atoms with Crippen LogP contribution in [0.1, 0.15) is 37.4 Å². The van der Waals surface area contributed by atoms with Crippen molar-refractivity contribution in [3.05, 3.63) is 17.6 Å². The lowest BCUT2D eigenvalue weighted by atomic mass is 10.3. The van der Waals surface area contributed by atoms with Crippen LogP contribution >= 0.6 is 10.8 Å². The van der Waals surface area contributed by atoms with Crippen LogP contribution in [0.25, 0.3) is 11.0 Å². The van der Waals surface area contributed by atoms with Gasteiger partial charge in [0.1, 0.15) is 17.4 Å². The molecular formula is C18H31N5O4S. The lowest BCUT2D eigenvalue weighted by molar-refractivity contribution is 0.0995. The van der Waals surface area contributed by atoms with Crippen molar-refractivity contribution in [2.24, 2.45) is 0 Å². The van der Waals surface area contributed by atoms with Crippen molar-refractivity contribution in [1.29, 1.82) is 0 Å². The maximum atomic E-state index is 9.92. The lowest BCUT2D eigenvalue weighted by Gasteiger charge is -2.36. The first kappa shape index (κ1) is 21.3. The molecule has 0 saturated carbocycles. The lowest BCUT2D eigenvalue weighted by Crippen LogP contribution is -2.24. The predicted octanol–water partition coefficient (Wildman–Crippen LogP) is 2.81. The Kier molecular flexibility index (Phi) is 6.79. The van der Waals surface area contributed by atoms with Crippen LogP contribution in [0.5, 0.6) is 0 Å². The largest absolute Gasteiger partial charge is 0.382 e. The SMILES string of the molecule is COC(C)c1nc2c(N)nc(C)cc2n1CCOCCCN1CCCS1(O)O. The Balaban J connectivity index is 1.59. The van der Waals surface area contributed by atoms with Crippen LogP contribution in [0, 0.1) is 6.92 Å². The molecule has 1 saturated heterocycles. The molecule has 0 amide bonds. The second kappa shape index (κ2) is 8.93. The molecule has 1 aliphatic rings. The number of pyridine rings is 1. The molecule has 3 heterocycles. The highest BCUT2D eigenvalue weighted by Crippen LogP contribution is 2.48. The summed E-state index contributed by atoms with van der Waals surface area (Å²) in [5, 5.41) is 0. The molecule has 1 aliphatic heterocycles. The van der Waals surface area contributed by atoms with Crippen LogP contribution in [0.3, 0.4) is 0 Å². The monoisotopic (exact) mass is 413 g/mol. The van der Waals surface area contributed by atoms with E-state index in [1.165, 1.54) is 0 Å². The second-order valence-corrected chi connectivity index (χ2v) is 9.29. The Labute approximate surface area is 167 Å². The van der Waals surface area contributed by atoms with Gasteiger partial charge in [0.2, 0.25) is 0 Å². The Morgan fingerprint density at radius 1 is 1.29 bits per heavy atom. The van der Waals surface area contributed by atoms with E-state index in [1.807, 2.05) is 19.9 Å². The van der Waals surface area contributed by atoms with Crippen LogP contribution in [-0.4, -0.2) is 67.1 Å². The molecule has 0 spiro atoms. The van der Waals surface area contributed by atoms with Crippen molar-refractivity contribution in [2.45, 2.75) is 39.3 Å². The third-order valence-corrected chi connectivity index (χ3v) is 7.06. The van der Waals surface area contributed by atoms with Gasteiger partial charge in [-0.1, -0.05) is 0 Å². The third kappa shape index (κ3) is 4.58.